The monoisotopic (exact) mass is 448 g/mol. The molecule has 0 amide bonds. The number of hydrogen-bond donors (Lipinski definition) is 1. The van der Waals surface area contributed by atoms with Crippen molar-refractivity contribution in [2.24, 2.45) is 0 Å². The lowest BCUT2D eigenvalue weighted by Crippen LogP contribution is -2.29. The van der Waals surface area contributed by atoms with Gasteiger partial charge in [0.05, 0.1) is 12.1 Å². The van der Waals surface area contributed by atoms with Crippen molar-refractivity contribution in [3.05, 3.63) is 111 Å². The number of nitrogens with one attached hydrogen (secondary N) is 1. The Morgan fingerprint density at radius 1 is 1.19 bits per heavy atom. The maximum absolute atomic E-state index is 13.3. The molecule has 3 aromatic rings. The summed E-state index contributed by atoms with van der Waals surface area (Å²) in [6.07, 6.45) is 6.07. The number of hydrogen-bond acceptors (Lipinski definition) is 3. The first-order chi connectivity index (χ1) is 15.5. The highest BCUT2D eigenvalue weighted by molar-refractivity contribution is 6.31. The van der Waals surface area contributed by atoms with Crippen LogP contribution in [0.15, 0.2) is 95.3 Å². The van der Waals surface area contributed by atoms with E-state index in [1.807, 2.05) is 86.7 Å². The van der Waals surface area contributed by atoms with Crippen molar-refractivity contribution in [1.82, 2.24) is 9.88 Å². The van der Waals surface area contributed by atoms with Crippen LogP contribution in [0.1, 0.15) is 19.4 Å². The van der Waals surface area contributed by atoms with E-state index in [0.29, 0.717) is 36.8 Å². The Labute approximate surface area is 194 Å². The van der Waals surface area contributed by atoms with Crippen LogP contribution in [-0.2, 0) is 13.1 Å². The zero-order chi connectivity index (χ0) is 22.9. The summed E-state index contributed by atoms with van der Waals surface area (Å²) in [6, 6.07) is 17.1. The average molecular weight is 449 g/mol. The summed E-state index contributed by atoms with van der Waals surface area (Å²) in [7, 11) is 0. The van der Waals surface area contributed by atoms with E-state index in [9.17, 15) is 4.79 Å². The molecule has 5 heteroatoms. The Balaban J connectivity index is 1.77. The minimum Gasteiger partial charge on any atom is -0.492 e. The molecule has 3 rings (SSSR count). The van der Waals surface area contributed by atoms with Gasteiger partial charge in [-0.1, -0.05) is 66.2 Å². The Morgan fingerprint density at radius 2 is 1.97 bits per heavy atom. The van der Waals surface area contributed by atoms with Gasteiger partial charge in [-0.3, -0.25) is 4.79 Å². The summed E-state index contributed by atoms with van der Waals surface area (Å²) in [5, 5.41) is 4.90. The van der Waals surface area contributed by atoms with Gasteiger partial charge in [0, 0.05) is 23.7 Å². The Morgan fingerprint density at radius 3 is 2.72 bits per heavy atom. The molecule has 166 valence electrons. The lowest BCUT2D eigenvalue weighted by molar-refractivity contribution is 0.298. The molecule has 0 aliphatic heterocycles. The topological polar surface area (TPSA) is 43.3 Å². The zero-order valence-corrected chi connectivity index (χ0v) is 19.4. The molecule has 0 radical (unpaired) electrons. The van der Waals surface area contributed by atoms with Crippen molar-refractivity contribution in [3.63, 3.8) is 0 Å². The second-order valence-electron chi connectivity index (χ2n) is 7.64. The van der Waals surface area contributed by atoms with Gasteiger partial charge in [-0.25, -0.2) is 0 Å². The summed E-state index contributed by atoms with van der Waals surface area (Å²) in [5.74, 6) is 0.778. The summed E-state index contributed by atoms with van der Waals surface area (Å²) in [6.45, 7) is 9.98. The molecule has 4 nitrogen and oxygen atoms in total. The lowest BCUT2D eigenvalue weighted by atomic mass is 10.1. The fourth-order valence-electron chi connectivity index (χ4n) is 3.57. The van der Waals surface area contributed by atoms with Gasteiger partial charge in [0.25, 0.3) is 5.56 Å². The highest BCUT2D eigenvalue weighted by Gasteiger charge is 2.10. The van der Waals surface area contributed by atoms with E-state index in [0.717, 1.165) is 27.8 Å². The first-order valence-electron chi connectivity index (χ1n) is 10.7. The van der Waals surface area contributed by atoms with Crippen molar-refractivity contribution in [3.8, 4) is 5.75 Å². The number of nitrogens with zero attached hydrogens (tertiary/aromatic N) is 1. The van der Waals surface area contributed by atoms with Gasteiger partial charge in [-0.05, 0) is 55.1 Å². The van der Waals surface area contributed by atoms with Crippen LogP contribution in [0.4, 0.5) is 0 Å². The molecule has 1 aromatic heterocycles. The van der Waals surface area contributed by atoms with Crippen molar-refractivity contribution in [1.29, 1.82) is 0 Å². The van der Waals surface area contributed by atoms with Crippen LogP contribution < -0.4 is 15.6 Å². The van der Waals surface area contributed by atoms with Crippen molar-refractivity contribution >= 4 is 22.5 Å². The summed E-state index contributed by atoms with van der Waals surface area (Å²) in [4.78, 5) is 13.3. The molecule has 0 aliphatic carbocycles. The quantitative estimate of drug-likeness (QED) is 0.392. The average Bonchev–Trinajstić information content (AvgIpc) is 2.77. The van der Waals surface area contributed by atoms with E-state index >= 15 is 0 Å². The maximum Gasteiger partial charge on any atom is 0.255 e. The van der Waals surface area contributed by atoms with Gasteiger partial charge >= 0.3 is 0 Å². The van der Waals surface area contributed by atoms with Gasteiger partial charge in [0.1, 0.15) is 12.4 Å². The van der Waals surface area contributed by atoms with Crippen molar-refractivity contribution in [2.75, 3.05) is 13.2 Å². The minimum absolute atomic E-state index is 0.0461. The van der Waals surface area contributed by atoms with Crippen molar-refractivity contribution < 1.29 is 4.74 Å². The van der Waals surface area contributed by atoms with E-state index < -0.39 is 0 Å². The molecule has 0 fully saturated rings. The normalized spacial score (nSPS) is 11.9. The van der Waals surface area contributed by atoms with Crippen LogP contribution >= 0.6 is 11.6 Å². The Kier molecular flexibility index (Phi) is 8.48. The third-order valence-corrected chi connectivity index (χ3v) is 5.22. The smallest absolute Gasteiger partial charge is 0.255 e. The molecule has 2 aromatic carbocycles. The number of pyridine rings is 1. The summed E-state index contributed by atoms with van der Waals surface area (Å²) in [5.41, 5.74) is 3.56. The maximum atomic E-state index is 13.3. The van der Waals surface area contributed by atoms with E-state index in [1.165, 1.54) is 0 Å². The molecule has 0 saturated carbocycles. The molecule has 0 spiro atoms. The second kappa shape index (κ2) is 11.5. The molecule has 0 saturated heterocycles. The minimum atomic E-state index is -0.0461. The largest absolute Gasteiger partial charge is 0.492 e. The molecule has 0 aliphatic rings. The number of halogens is 1. The van der Waals surface area contributed by atoms with Crippen LogP contribution in [0, 0.1) is 0 Å². The van der Waals surface area contributed by atoms with Crippen LogP contribution in [0.25, 0.3) is 10.9 Å². The molecule has 1 heterocycles. The predicted octanol–water partition coefficient (Wildman–Crippen LogP) is 5.90. The molecule has 1 N–H and O–H groups in total. The van der Waals surface area contributed by atoms with E-state index in [1.54, 1.807) is 4.57 Å². The number of aromatic nitrogens is 1. The SMILES string of the molecule is C=C(/C=C(C)\C=C/C)CNCc1cc2ccc(Cl)cc2n(CCOc2ccccc2)c1=O. The van der Waals surface area contributed by atoms with Gasteiger partial charge < -0.3 is 14.6 Å². The molecular weight excluding hydrogens is 420 g/mol. The fourth-order valence-corrected chi connectivity index (χ4v) is 3.73. The lowest BCUT2D eigenvalue weighted by Gasteiger charge is -2.15. The standard InChI is InChI=1S/C27H29ClN2O2/c1-4-8-20(2)15-21(3)18-29-19-23-16-22-11-12-24(28)17-26(22)30(27(23)31)13-14-32-25-9-6-5-7-10-25/h4-12,15-17,29H,3,13-14,18-19H2,1-2H3/b8-4-,20-15-. The van der Waals surface area contributed by atoms with E-state index in [4.69, 9.17) is 16.3 Å². The van der Waals surface area contributed by atoms with Crippen LogP contribution in [0.3, 0.4) is 0 Å². The van der Waals surface area contributed by atoms with E-state index in [-0.39, 0.29) is 5.56 Å². The molecule has 0 unspecified atom stereocenters. The number of fused-ring (bicyclic) bond motifs is 1. The Bertz CT molecular complexity index is 1190. The number of rotatable bonds is 10. The third-order valence-electron chi connectivity index (χ3n) is 4.99. The van der Waals surface area contributed by atoms with Crippen LogP contribution in [0.2, 0.25) is 5.02 Å². The number of benzene rings is 2. The summed E-state index contributed by atoms with van der Waals surface area (Å²) >= 11 is 6.22. The number of ether oxygens (including phenoxy) is 1. The highest BCUT2D eigenvalue weighted by Crippen LogP contribution is 2.19. The van der Waals surface area contributed by atoms with E-state index in [2.05, 4.69) is 11.9 Å². The molecule has 32 heavy (non-hydrogen) atoms. The Hall–Kier alpha value is -3.08. The second-order valence-corrected chi connectivity index (χ2v) is 8.08. The van der Waals surface area contributed by atoms with Crippen LogP contribution in [0.5, 0.6) is 5.75 Å². The summed E-state index contributed by atoms with van der Waals surface area (Å²) < 4.78 is 7.56. The third kappa shape index (κ3) is 6.46. The molecular formula is C27H29ClN2O2. The van der Waals surface area contributed by atoms with Crippen LogP contribution in [-0.4, -0.2) is 17.7 Å². The molecule has 0 bridgehead atoms. The first kappa shape index (κ1) is 23.6. The number of para-hydroxylation sites is 1. The van der Waals surface area contributed by atoms with Gasteiger partial charge in [-0.15, -0.1) is 0 Å². The zero-order valence-electron chi connectivity index (χ0n) is 18.6. The van der Waals surface area contributed by atoms with Gasteiger partial charge in [0.2, 0.25) is 0 Å². The first-order valence-corrected chi connectivity index (χ1v) is 11.0. The van der Waals surface area contributed by atoms with Crippen molar-refractivity contribution in [2.45, 2.75) is 26.9 Å². The predicted molar refractivity (Wildman–Crippen MR) is 135 cm³/mol. The highest BCUT2D eigenvalue weighted by atomic mass is 35.5. The van der Waals surface area contributed by atoms with Gasteiger partial charge in [0.15, 0.2) is 0 Å². The fraction of sp³-hybridized carbons (Fsp3) is 0.222. The molecule has 0 atom stereocenters. The van der Waals surface area contributed by atoms with Gasteiger partial charge in [-0.2, -0.15) is 0 Å². The number of allylic oxidation sites excluding steroid dienone is 3.